The van der Waals surface area contributed by atoms with E-state index in [0.717, 1.165) is 5.56 Å². The summed E-state index contributed by atoms with van der Waals surface area (Å²) in [6.07, 6.45) is 5.93. The Bertz CT molecular complexity index is 1990. The van der Waals surface area contributed by atoms with E-state index in [1.807, 2.05) is 25.7 Å². The van der Waals surface area contributed by atoms with Crippen molar-refractivity contribution in [2.24, 2.45) is 0 Å². The molecule has 0 aliphatic carbocycles. The van der Waals surface area contributed by atoms with E-state index in [9.17, 15) is 38.9 Å². The third-order valence-corrected chi connectivity index (χ3v) is 12.0. The summed E-state index contributed by atoms with van der Waals surface area (Å²) in [5.74, 6) is -0.526. The second kappa shape index (κ2) is 18.6. The number of rotatable bonds is 22. The molecule has 0 aromatic heterocycles. The van der Waals surface area contributed by atoms with Crippen molar-refractivity contribution in [3.8, 4) is 0 Å². The fourth-order valence-corrected chi connectivity index (χ4v) is 8.02. The average molecular weight is 802 g/mol. The summed E-state index contributed by atoms with van der Waals surface area (Å²) in [4.78, 5) is 1.34. The molecule has 3 N–H and O–H groups in total. The molecular formula is C36H51NO13S3. The fraction of sp³-hybridized carbons (Fsp3) is 0.500. The highest BCUT2D eigenvalue weighted by Gasteiger charge is 2.44. The maximum absolute atomic E-state index is 12.2. The summed E-state index contributed by atoms with van der Waals surface area (Å²) in [6, 6.07) is 8.59. The number of nitrogens with zero attached hydrogens (tertiary/aromatic N) is 1. The number of hydrogen-bond acceptors (Lipinski definition) is 11. The lowest BCUT2D eigenvalue weighted by molar-refractivity contribution is 0.0266. The number of methoxy groups -OCH3 is 2. The quantitative estimate of drug-likeness (QED) is 0.0824. The van der Waals surface area contributed by atoms with Gasteiger partial charge in [0.05, 0.1) is 48.6 Å². The van der Waals surface area contributed by atoms with Crippen molar-refractivity contribution in [1.82, 2.24) is 0 Å². The van der Waals surface area contributed by atoms with E-state index in [1.165, 1.54) is 24.3 Å². The van der Waals surface area contributed by atoms with Gasteiger partial charge in [-0.3, -0.25) is 13.7 Å². The molecule has 0 bridgehead atoms. The Hall–Kier alpha value is -2.97. The molecule has 2 atom stereocenters. The fourth-order valence-electron chi connectivity index (χ4n) is 6.49. The molecule has 53 heavy (non-hydrogen) atoms. The summed E-state index contributed by atoms with van der Waals surface area (Å²) in [5.41, 5.74) is 1.92. The lowest BCUT2D eigenvalue weighted by Crippen LogP contribution is -2.31. The van der Waals surface area contributed by atoms with E-state index in [4.69, 9.17) is 18.9 Å². The number of fused-ring (bicyclic) bond motifs is 1. The molecule has 0 fully saturated rings. The van der Waals surface area contributed by atoms with E-state index in [0.29, 0.717) is 74.1 Å². The summed E-state index contributed by atoms with van der Waals surface area (Å²) in [7, 11) is -10.3. The van der Waals surface area contributed by atoms with Crippen LogP contribution in [0.15, 0.2) is 82.3 Å². The summed E-state index contributed by atoms with van der Waals surface area (Å²) >= 11 is 0. The van der Waals surface area contributed by atoms with Crippen LogP contribution >= 0.6 is 0 Å². The molecule has 1 aliphatic heterocycles. The van der Waals surface area contributed by atoms with Gasteiger partial charge in [0.1, 0.15) is 0 Å². The normalized spacial score (nSPS) is 18.5. The van der Waals surface area contributed by atoms with E-state index in [1.54, 1.807) is 44.6 Å². The summed E-state index contributed by atoms with van der Waals surface area (Å²) in [5, 5.41) is 0. The zero-order valence-electron chi connectivity index (χ0n) is 30.8. The van der Waals surface area contributed by atoms with Crippen molar-refractivity contribution in [2.45, 2.75) is 60.7 Å². The molecular weight excluding hydrogens is 751 g/mol. The third kappa shape index (κ3) is 11.8. The number of aryl methyl sites for hydroxylation is 1. The molecule has 2 aromatic rings. The Morgan fingerprint density at radius 2 is 1.45 bits per heavy atom. The van der Waals surface area contributed by atoms with Gasteiger partial charge in [-0.15, -0.1) is 0 Å². The molecule has 0 saturated heterocycles. The highest BCUT2D eigenvalue weighted by Crippen LogP contribution is 2.51. The van der Waals surface area contributed by atoms with Crippen molar-refractivity contribution in [3.05, 3.63) is 89.2 Å². The molecule has 0 radical (unpaired) electrons. The Labute approximate surface area is 313 Å². The molecule has 3 rings (SSSR count). The van der Waals surface area contributed by atoms with Gasteiger partial charge in [-0.25, -0.2) is 0 Å². The molecule has 0 saturated carbocycles. The smallest absolute Gasteiger partial charge is 0.294 e. The lowest BCUT2D eigenvalue weighted by Gasteiger charge is -2.33. The number of ether oxygens (including phenoxy) is 4. The Morgan fingerprint density at radius 1 is 0.868 bits per heavy atom. The number of hydrogen-bond donors (Lipinski definition) is 3. The second-order valence-electron chi connectivity index (χ2n) is 13.2. The van der Waals surface area contributed by atoms with Crippen LogP contribution in [0.2, 0.25) is 0 Å². The van der Waals surface area contributed by atoms with Crippen LogP contribution < -0.4 is 4.90 Å². The van der Waals surface area contributed by atoms with Crippen molar-refractivity contribution < 1.29 is 57.9 Å². The van der Waals surface area contributed by atoms with Crippen LogP contribution in [0.1, 0.15) is 49.8 Å². The lowest BCUT2D eigenvalue weighted by atomic mass is 9.72. The zero-order chi connectivity index (χ0) is 39.7. The van der Waals surface area contributed by atoms with Crippen LogP contribution in [-0.2, 0) is 60.1 Å². The summed E-state index contributed by atoms with van der Waals surface area (Å²) in [6.45, 7) is 12.2. The molecule has 14 nitrogen and oxygen atoms in total. The number of anilines is 1. The van der Waals surface area contributed by atoms with Gasteiger partial charge in [-0.2, -0.15) is 25.3 Å². The highest BCUT2D eigenvalue weighted by molar-refractivity contribution is 7.86. The molecule has 0 amide bonds. The minimum absolute atomic E-state index is 0.0280. The highest BCUT2D eigenvalue weighted by atomic mass is 32.2. The molecule has 2 aromatic carbocycles. The van der Waals surface area contributed by atoms with Crippen molar-refractivity contribution in [2.75, 3.05) is 71.1 Å². The standard InChI is InChI=1S/C36H51NO13S3/c1-27-11-12-29(52(41,42)43)25-31(27)35(3,16-18-47-5)28(2)9-7-10-34-36(4,15-8-24-51(38,39)40)32-26-30(53(44,45)46)13-14-33(32)37(34)17-19-49-22-23-50-21-20-48-6/h7,9-14,25-26H,2,8,15-24H2,1,3-6H3,(H,38,39,40)(H,41,42,43)(H,44,45,46)/b9-7+,34-10+. The Morgan fingerprint density at radius 3 is 2.06 bits per heavy atom. The SMILES string of the molecule is C=C(/C=C/C=C1/N(CCOCCOCCOC)c2ccc(S(=O)(=O)O)cc2C1(C)CCCS(=O)(=O)O)C(C)(CCOC)c1cc(S(=O)(=O)O)ccc1C. The predicted molar refractivity (Wildman–Crippen MR) is 201 cm³/mol. The maximum atomic E-state index is 12.2. The Kier molecular flexibility index (Phi) is 15.6. The van der Waals surface area contributed by atoms with Crippen molar-refractivity contribution >= 4 is 36.0 Å². The second-order valence-corrected chi connectivity index (χ2v) is 17.6. The first-order valence-corrected chi connectivity index (χ1v) is 21.3. The first kappa shape index (κ1) is 44.4. The molecule has 1 aliphatic rings. The van der Waals surface area contributed by atoms with E-state index in [-0.39, 0.29) is 29.2 Å². The monoisotopic (exact) mass is 801 g/mol. The first-order valence-electron chi connectivity index (χ1n) is 16.8. The van der Waals surface area contributed by atoms with Crippen LogP contribution in [-0.4, -0.2) is 105 Å². The summed E-state index contributed by atoms with van der Waals surface area (Å²) < 4.78 is 123. The van der Waals surface area contributed by atoms with Gasteiger partial charge in [0, 0.05) is 49.6 Å². The van der Waals surface area contributed by atoms with Gasteiger partial charge in [0.25, 0.3) is 30.4 Å². The average Bonchev–Trinajstić information content (AvgIpc) is 3.29. The number of allylic oxidation sites excluding steroid dienone is 5. The third-order valence-electron chi connectivity index (χ3n) is 9.52. The van der Waals surface area contributed by atoms with Crippen molar-refractivity contribution in [3.63, 3.8) is 0 Å². The minimum Gasteiger partial charge on any atom is -0.385 e. The largest absolute Gasteiger partial charge is 0.385 e. The Balaban J connectivity index is 2.11. The van der Waals surface area contributed by atoms with Crippen LogP contribution in [0.25, 0.3) is 0 Å². The van der Waals surface area contributed by atoms with Crippen LogP contribution in [0.4, 0.5) is 5.69 Å². The van der Waals surface area contributed by atoms with E-state index >= 15 is 0 Å². The first-order chi connectivity index (χ1) is 24.7. The molecule has 2 unspecified atom stereocenters. The maximum Gasteiger partial charge on any atom is 0.294 e. The van der Waals surface area contributed by atoms with Gasteiger partial charge in [0.15, 0.2) is 0 Å². The zero-order valence-corrected chi connectivity index (χ0v) is 33.2. The van der Waals surface area contributed by atoms with Gasteiger partial charge >= 0.3 is 0 Å². The predicted octanol–water partition coefficient (Wildman–Crippen LogP) is 4.90. The molecule has 1 heterocycles. The number of benzene rings is 2. The molecule has 17 heteroatoms. The topological polar surface area (TPSA) is 203 Å². The van der Waals surface area contributed by atoms with Crippen LogP contribution in [0, 0.1) is 6.92 Å². The van der Waals surface area contributed by atoms with E-state index in [2.05, 4.69) is 6.58 Å². The van der Waals surface area contributed by atoms with Crippen molar-refractivity contribution in [1.29, 1.82) is 0 Å². The van der Waals surface area contributed by atoms with Gasteiger partial charge < -0.3 is 23.8 Å². The van der Waals surface area contributed by atoms with Gasteiger partial charge in [-0.05, 0) is 91.8 Å². The minimum atomic E-state index is -4.59. The van der Waals surface area contributed by atoms with E-state index < -0.39 is 46.9 Å². The van der Waals surface area contributed by atoms with Crippen LogP contribution in [0.3, 0.4) is 0 Å². The molecule has 0 spiro atoms. The van der Waals surface area contributed by atoms with Gasteiger partial charge in [0.2, 0.25) is 0 Å². The van der Waals surface area contributed by atoms with Crippen LogP contribution in [0.5, 0.6) is 0 Å². The molecule has 296 valence electrons. The van der Waals surface area contributed by atoms with Gasteiger partial charge in [-0.1, -0.05) is 31.7 Å².